The van der Waals surface area contributed by atoms with Crippen molar-refractivity contribution in [1.29, 1.82) is 0 Å². The highest BCUT2D eigenvalue weighted by molar-refractivity contribution is 5.76. The number of ether oxygens (including phenoxy) is 3. The van der Waals surface area contributed by atoms with E-state index in [2.05, 4.69) is 34.3 Å². The van der Waals surface area contributed by atoms with Gasteiger partial charge in [0, 0.05) is 30.8 Å². The first kappa shape index (κ1) is 19.4. The highest BCUT2D eigenvalue weighted by Crippen LogP contribution is 2.39. The molecule has 0 saturated heterocycles. The van der Waals surface area contributed by atoms with Crippen molar-refractivity contribution in [2.24, 2.45) is 0 Å². The maximum atomic E-state index is 12.4. The monoisotopic (exact) mass is 417 g/mol. The van der Waals surface area contributed by atoms with E-state index in [1.165, 1.54) is 0 Å². The second-order valence-corrected chi connectivity index (χ2v) is 7.83. The molecule has 3 heterocycles. The van der Waals surface area contributed by atoms with Gasteiger partial charge in [0.25, 0.3) is 0 Å². The molecule has 2 aliphatic rings. The van der Waals surface area contributed by atoms with Crippen molar-refractivity contribution in [3.63, 3.8) is 0 Å². The lowest BCUT2D eigenvalue weighted by Gasteiger charge is -2.13. The van der Waals surface area contributed by atoms with Crippen LogP contribution in [0.1, 0.15) is 23.1 Å². The summed E-state index contributed by atoms with van der Waals surface area (Å²) in [5, 5.41) is 3.01. The molecule has 1 aromatic heterocycles. The zero-order valence-electron chi connectivity index (χ0n) is 17.3. The normalized spacial score (nSPS) is 16.0. The van der Waals surface area contributed by atoms with Gasteiger partial charge < -0.3 is 19.5 Å². The van der Waals surface area contributed by atoms with Crippen molar-refractivity contribution < 1.29 is 19.0 Å². The molecule has 2 aromatic carbocycles. The van der Waals surface area contributed by atoms with E-state index in [0.717, 1.165) is 51.6 Å². The number of carbonyl (C=O) groups is 1. The van der Waals surface area contributed by atoms with Gasteiger partial charge in [-0.1, -0.05) is 12.1 Å². The van der Waals surface area contributed by atoms with Crippen LogP contribution in [-0.2, 0) is 17.6 Å². The molecule has 2 aliphatic heterocycles. The van der Waals surface area contributed by atoms with Crippen LogP contribution in [0.2, 0.25) is 0 Å². The zero-order chi connectivity index (χ0) is 21.2. The Kier molecular flexibility index (Phi) is 5.16. The van der Waals surface area contributed by atoms with E-state index in [1.54, 1.807) is 18.6 Å². The number of carbonyl (C=O) groups excluding carboxylic acids is 1. The summed E-state index contributed by atoms with van der Waals surface area (Å²) in [5.41, 5.74) is 5.07. The Morgan fingerprint density at radius 1 is 1.16 bits per heavy atom. The minimum absolute atomic E-state index is 0.00236. The number of benzene rings is 2. The van der Waals surface area contributed by atoms with E-state index < -0.39 is 0 Å². The van der Waals surface area contributed by atoms with Crippen LogP contribution in [0.3, 0.4) is 0 Å². The summed E-state index contributed by atoms with van der Waals surface area (Å²) in [6.45, 7) is 2.78. The molecular weight excluding hydrogens is 394 g/mol. The number of hydrogen-bond acceptors (Lipinski definition) is 6. The summed E-state index contributed by atoms with van der Waals surface area (Å²) < 4.78 is 16.9. The van der Waals surface area contributed by atoms with Gasteiger partial charge in [0.05, 0.1) is 18.4 Å². The molecule has 3 aromatic rings. The molecule has 0 fully saturated rings. The number of aryl methyl sites for hydroxylation is 2. The number of hydrogen-bond donors (Lipinski definition) is 1. The molecule has 0 aliphatic carbocycles. The number of rotatable bonds is 6. The first-order valence-corrected chi connectivity index (χ1v) is 10.4. The summed E-state index contributed by atoms with van der Waals surface area (Å²) in [7, 11) is 0. The zero-order valence-corrected chi connectivity index (χ0v) is 17.3. The first-order chi connectivity index (χ1) is 15.2. The Hall–Kier alpha value is -3.61. The van der Waals surface area contributed by atoms with Gasteiger partial charge in [-0.25, -0.2) is 0 Å². The Balaban J connectivity index is 1.17. The molecule has 7 heteroatoms. The lowest BCUT2D eigenvalue weighted by atomic mass is 10.0. The van der Waals surface area contributed by atoms with Crippen molar-refractivity contribution >= 4 is 5.91 Å². The molecule has 1 N–H and O–H groups in total. The van der Waals surface area contributed by atoms with Crippen LogP contribution in [0, 0.1) is 6.92 Å². The fraction of sp³-hybridized carbons (Fsp3) is 0.292. The molecular formula is C24H23N3O4. The number of nitrogens with zero attached hydrogens (tertiary/aromatic N) is 2. The average molecular weight is 417 g/mol. The third-order valence-electron chi connectivity index (χ3n) is 5.49. The molecule has 1 unspecified atom stereocenters. The van der Waals surface area contributed by atoms with Gasteiger partial charge in [0.15, 0.2) is 11.5 Å². The largest absolute Gasteiger partial charge is 0.487 e. The summed E-state index contributed by atoms with van der Waals surface area (Å²) in [5.74, 6) is 2.33. The van der Waals surface area contributed by atoms with E-state index >= 15 is 0 Å². The van der Waals surface area contributed by atoms with Crippen molar-refractivity contribution in [3.8, 4) is 28.5 Å². The summed E-state index contributed by atoms with van der Waals surface area (Å²) in [6, 6.07) is 9.98. The number of amides is 1. The lowest BCUT2D eigenvalue weighted by Crippen LogP contribution is -2.34. The molecule has 158 valence electrons. The molecule has 5 rings (SSSR count). The fourth-order valence-corrected chi connectivity index (χ4v) is 4.01. The highest BCUT2D eigenvalue weighted by atomic mass is 16.7. The average Bonchev–Trinajstić information content (AvgIpc) is 3.42. The predicted molar refractivity (Wildman–Crippen MR) is 114 cm³/mol. The van der Waals surface area contributed by atoms with Crippen LogP contribution in [0.5, 0.6) is 17.2 Å². The van der Waals surface area contributed by atoms with Crippen LogP contribution >= 0.6 is 0 Å². The van der Waals surface area contributed by atoms with E-state index in [0.29, 0.717) is 19.4 Å². The van der Waals surface area contributed by atoms with E-state index in [-0.39, 0.29) is 18.8 Å². The highest BCUT2D eigenvalue weighted by Gasteiger charge is 2.27. The van der Waals surface area contributed by atoms with Crippen molar-refractivity contribution in [2.45, 2.75) is 32.3 Å². The van der Waals surface area contributed by atoms with Crippen molar-refractivity contribution in [1.82, 2.24) is 15.3 Å². The fourth-order valence-electron chi connectivity index (χ4n) is 4.01. The number of nitrogens with one attached hydrogen (secondary N) is 1. The Morgan fingerprint density at radius 3 is 2.94 bits per heavy atom. The Bertz CT molecular complexity index is 1120. The molecule has 0 bridgehead atoms. The molecule has 1 atom stereocenters. The van der Waals surface area contributed by atoms with Gasteiger partial charge in [-0.2, -0.15) is 0 Å². The standard InChI is InChI=1S/C24H23N3O4/c1-15-8-17-11-18(31-24(17)19(9-15)20-13-25-6-7-26-20)12-27-23(28)5-3-16-2-4-21-22(10-16)30-14-29-21/h2,4,6-10,13,18H,3,5,11-12,14H2,1H3,(H,27,28). The number of aromatic nitrogens is 2. The third kappa shape index (κ3) is 4.17. The first-order valence-electron chi connectivity index (χ1n) is 10.4. The van der Waals surface area contributed by atoms with Gasteiger partial charge in [-0.05, 0) is 48.2 Å². The van der Waals surface area contributed by atoms with Crippen LogP contribution in [0.4, 0.5) is 0 Å². The molecule has 0 radical (unpaired) electrons. The smallest absolute Gasteiger partial charge is 0.231 e. The van der Waals surface area contributed by atoms with E-state index in [1.807, 2.05) is 18.2 Å². The quantitative estimate of drug-likeness (QED) is 0.663. The van der Waals surface area contributed by atoms with Gasteiger partial charge >= 0.3 is 0 Å². The minimum Gasteiger partial charge on any atom is -0.487 e. The van der Waals surface area contributed by atoms with Crippen molar-refractivity contribution in [2.75, 3.05) is 13.3 Å². The molecule has 0 saturated carbocycles. The molecule has 1 amide bonds. The van der Waals surface area contributed by atoms with Crippen LogP contribution in [-0.4, -0.2) is 35.3 Å². The molecule has 7 nitrogen and oxygen atoms in total. The van der Waals surface area contributed by atoms with Crippen LogP contribution < -0.4 is 19.5 Å². The van der Waals surface area contributed by atoms with Gasteiger partial charge in [-0.3, -0.25) is 14.8 Å². The summed E-state index contributed by atoms with van der Waals surface area (Å²) >= 11 is 0. The maximum absolute atomic E-state index is 12.4. The van der Waals surface area contributed by atoms with Gasteiger partial charge in [-0.15, -0.1) is 0 Å². The minimum atomic E-state index is -0.0956. The van der Waals surface area contributed by atoms with E-state index in [4.69, 9.17) is 14.2 Å². The Labute approximate surface area is 180 Å². The second-order valence-electron chi connectivity index (χ2n) is 7.83. The summed E-state index contributed by atoms with van der Waals surface area (Å²) in [6.07, 6.45) is 6.78. The van der Waals surface area contributed by atoms with Crippen LogP contribution in [0.25, 0.3) is 11.3 Å². The Morgan fingerprint density at radius 2 is 2.06 bits per heavy atom. The van der Waals surface area contributed by atoms with Crippen molar-refractivity contribution in [3.05, 3.63) is 65.6 Å². The van der Waals surface area contributed by atoms with E-state index in [9.17, 15) is 4.79 Å². The van der Waals surface area contributed by atoms with Gasteiger partial charge in [0.2, 0.25) is 12.7 Å². The second kappa shape index (κ2) is 8.26. The van der Waals surface area contributed by atoms with Gasteiger partial charge in [0.1, 0.15) is 11.9 Å². The predicted octanol–water partition coefficient (Wildman–Crippen LogP) is 3.23. The lowest BCUT2D eigenvalue weighted by molar-refractivity contribution is -0.121. The van der Waals surface area contributed by atoms with Crippen LogP contribution in [0.15, 0.2) is 48.9 Å². The third-order valence-corrected chi connectivity index (χ3v) is 5.49. The molecule has 31 heavy (non-hydrogen) atoms. The number of fused-ring (bicyclic) bond motifs is 2. The maximum Gasteiger partial charge on any atom is 0.231 e. The SMILES string of the molecule is Cc1cc2c(c(-c3cnccn3)c1)OC(CNC(=O)CCc1ccc3c(c1)OCO3)C2. The molecule has 0 spiro atoms. The summed E-state index contributed by atoms with van der Waals surface area (Å²) in [4.78, 5) is 21.0. The topological polar surface area (TPSA) is 82.6 Å².